The van der Waals surface area contributed by atoms with Gasteiger partial charge in [0.2, 0.25) is 0 Å². The van der Waals surface area contributed by atoms with Gasteiger partial charge in [-0.25, -0.2) is 0 Å². The average Bonchev–Trinajstić information content (AvgIpc) is 2.06. The van der Waals surface area contributed by atoms with Gasteiger partial charge in [0, 0.05) is 5.56 Å². The Balaban J connectivity index is 2.98. The zero-order chi connectivity index (χ0) is 10.8. The van der Waals surface area contributed by atoms with Crippen LogP contribution in [-0.2, 0) is 0 Å². The highest BCUT2D eigenvalue weighted by Crippen LogP contribution is 2.16. The second-order valence-electron chi connectivity index (χ2n) is 4.50. The number of rotatable bonds is 0. The molecule has 0 saturated carbocycles. The first-order chi connectivity index (χ1) is 6.38. The SMILES string of the molecule is Cc1cc(C#C[Si](C)(C)C)ccc1O. The standard InChI is InChI=1S/C12H16OSi/c1-10-9-11(5-6-12(10)13)7-8-14(2,3)4/h5-6,9,13H,1-4H3. The molecule has 0 aliphatic carbocycles. The van der Waals surface area contributed by atoms with Crippen molar-refractivity contribution in [2.75, 3.05) is 0 Å². The number of aryl methyl sites for hydroxylation is 1. The maximum atomic E-state index is 9.33. The van der Waals surface area contributed by atoms with Crippen molar-refractivity contribution in [3.8, 4) is 17.2 Å². The van der Waals surface area contributed by atoms with E-state index in [1.54, 1.807) is 6.07 Å². The van der Waals surface area contributed by atoms with E-state index in [2.05, 4.69) is 31.1 Å². The van der Waals surface area contributed by atoms with Crippen molar-refractivity contribution in [2.45, 2.75) is 26.6 Å². The quantitative estimate of drug-likeness (QED) is 0.509. The first kappa shape index (κ1) is 10.9. The minimum absolute atomic E-state index is 0.337. The molecule has 1 nitrogen and oxygen atoms in total. The van der Waals surface area contributed by atoms with Crippen molar-refractivity contribution in [3.63, 3.8) is 0 Å². The van der Waals surface area contributed by atoms with Crippen molar-refractivity contribution < 1.29 is 5.11 Å². The van der Waals surface area contributed by atoms with E-state index in [9.17, 15) is 5.11 Å². The van der Waals surface area contributed by atoms with Crippen LogP contribution in [0.5, 0.6) is 5.75 Å². The summed E-state index contributed by atoms with van der Waals surface area (Å²) in [5, 5.41) is 9.33. The smallest absolute Gasteiger partial charge is 0.129 e. The van der Waals surface area contributed by atoms with Gasteiger partial charge in [-0.1, -0.05) is 25.6 Å². The Bertz CT molecular complexity index is 391. The lowest BCUT2D eigenvalue weighted by Crippen LogP contribution is -2.16. The maximum absolute atomic E-state index is 9.33. The minimum Gasteiger partial charge on any atom is -0.508 e. The normalized spacial score (nSPS) is 10.6. The number of hydrogen-bond acceptors (Lipinski definition) is 1. The van der Waals surface area contributed by atoms with Crippen LogP contribution >= 0.6 is 0 Å². The third kappa shape index (κ3) is 3.27. The molecule has 0 radical (unpaired) electrons. The Morgan fingerprint density at radius 3 is 2.36 bits per heavy atom. The van der Waals surface area contributed by atoms with Crippen LogP contribution in [0.2, 0.25) is 19.6 Å². The Labute approximate surface area is 86.8 Å². The van der Waals surface area contributed by atoms with Crippen molar-refractivity contribution in [1.82, 2.24) is 0 Å². The van der Waals surface area contributed by atoms with Crippen LogP contribution in [0.1, 0.15) is 11.1 Å². The van der Waals surface area contributed by atoms with Crippen LogP contribution in [0.25, 0.3) is 0 Å². The molecular formula is C12H16OSi. The summed E-state index contributed by atoms with van der Waals surface area (Å²) in [7, 11) is -1.29. The van der Waals surface area contributed by atoms with Gasteiger partial charge in [-0.05, 0) is 30.7 Å². The van der Waals surface area contributed by atoms with Crippen LogP contribution in [-0.4, -0.2) is 13.2 Å². The predicted molar refractivity (Wildman–Crippen MR) is 63.1 cm³/mol. The van der Waals surface area contributed by atoms with Crippen LogP contribution < -0.4 is 0 Å². The van der Waals surface area contributed by atoms with Gasteiger partial charge < -0.3 is 5.11 Å². The lowest BCUT2D eigenvalue weighted by molar-refractivity contribution is 0.471. The molecule has 2 heteroatoms. The summed E-state index contributed by atoms with van der Waals surface area (Å²) in [6.45, 7) is 8.53. The van der Waals surface area contributed by atoms with Gasteiger partial charge in [0.25, 0.3) is 0 Å². The zero-order valence-corrected chi connectivity index (χ0v) is 10.2. The average molecular weight is 204 g/mol. The van der Waals surface area contributed by atoms with E-state index >= 15 is 0 Å². The molecular weight excluding hydrogens is 188 g/mol. The highest BCUT2D eigenvalue weighted by Gasteiger charge is 2.07. The van der Waals surface area contributed by atoms with Gasteiger partial charge in [-0.2, -0.15) is 0 Å². The summed E-state index contributed by atoms with van der Waals surface area (Å²) in [4.78, 5) is 0. The second-order valence-corrected chi connectivity index (χ2v) is 9.25. The second kappa shape index (κ2) is 3.89. The summed E-state index contributed by atoms with van der Waals surface area (Å²) in [5.41, 5.74) is 5.16. The van der Waals surface area contributed by atoms with Gasteiger partial charge in [0.05, 0.1) is 0 Å². The molecule has 74 valence electrons. The van der Waals surface area contributed by atoms with Crippen LogP contribution in [0.4, 0.5) is 0 Å². The number of benzene rings is 1. The fourth-order valence-corrected chi connectivity index (χ4v) is 1.51. The van der Waals surface area contributed by atoms with E-state index in [4.69, 9.17) is 0 Å². The topological polar surface area (TPSA) is 20.2 Å². The Morgan fingerprint density at radius 2 is 1.86 bits per heavy atom. The number of phenolic OH excluding ortho intramolecular Hbond substituents is 1. The molecule has 0 heterocycles. The molecule has 1 N–H and O–H groups in total. The van der Waals surface area contributed by atoms with Crippen molar-refractivity contribution in [2.24, 2.45) is 0 Å². The molecule has 0 amide bonds. The molecule has 0 unspecified atom stereocenters. The first-order valence-electron chi connectivity index (χ1n) is 4.71. The number of phenols is 1. The molecule has 0 aliphatic heterocycles. The summed E-state index contributed by atoms with van der Waals surface area (Å²) in [6.07, 6.45) is 0. The molecule has 0 bridgehead atoms. The Hall–Kier alpha value is -1.20. The predicted octanol–water partition coefficient (Wildman–Crippen LogP) is 2.93. The lowest BCUT2D eigenvalue weighted by Gasteiger charge is -2.03. The van der Waals surface area contributed by atoms with Crippen LogP contribution in [0.3, 0.4) is 0 Å². The third-order valence-corrected chi connectivity index (χ3v) is 2.65. The third-order valence-electron chi connectivity index (χ3n) is 1.78. The minimum atomic E-state index is -1.29. The Morgan fingerprint density at radius 1 is 1.21 bits per heavy atom. The van der Waals surface area contributed by atoms with Crippen molar-refractivity contribution in [1.29, 1.82) is 0 Å². The summed E-state index contributed by atoms with van der Waals surface area (Å²) in [6, 6.07) is 5.47. The molecule has 0 saturated heterocycles. The fraction of sp³-hybridized carbons (Fsp3) is 0.333. The van der Waals surface area contributed by atoms with E-state index in [1.807, 2.05) is 19.1 Å². The van der Waals surface area contributed by atoms with E-state index in [-0.39, 0.29) is 0 Å². The van der Waals surface area contributed by atoms with Gasteiger partial charge in [0.15, 0.2) is 0 Å². The largest absolute Gasteiger partial charge is 0.508 e. The van der Waals surface area contributed by atoms with E-state index in [0.29, 0.717) is 5.75 Å². The van der Waals surface area contributed by atoms with E-state index in [0.717, 1.165) is 11.1 Å². The Kier molecular flexibility index (Phi) is 3.02. The molecule has 14 heavy (non-hydrogen) atoms. The summed E-state index contributed by atoms with van der Waals surface area (Å²) in [5.74, 6) is 3.49. The van der Waals surface area contributed by atoms with Gasteiger partial charge in [-0.3, -0.25) is 0 Å². The maximum Gasteiger partial charge on any atom is 0.129 e. The molecule has 0 atom stereocenters. The molecule has 1 aromatic rings. The summed E-state index contributed by atoms with van der Waals surface area (Å²) >= 11 is 0. The molecule has 0 fully saturated rings. The van der Waals surface area contributed by atoms with Gasteiger partial charge >= 0.3 is 0 Å². The molecule has 0 aliphatic rings. The van der Waals surface area contributed by atoms with E-state index in [1.165, 1.54) is 0 Å². The zero-order valence-electron chi connectivity index (χ0n) is 9.18. The lowest BCUT2D eigenvalue weighted by atomic mass is 10.1. The highest BCUT2D eigenvalue weighted by atomic mass is 28.3. The molecule has 0 aromatic heterocycles. The van der Waals surface area contributed by atoms with Crippen LogP contribution in [0.15, 0.2) is 18.2 Å². The molecule has 1 rings (SSSR count). The number of hydrogen-bond donors (Lipinski definition) is 1. The summed E-state index contributed by atoms with van der Waals surface area (Å²) < 4.78 is 0. The van der Waals surface area contributed by atoms with E-state index < -0.39 is 8.07 Å². The molecule has 0 spiro atoms. The van der Waals surface area contributed by atoms with Crippen molar-refractivity contribution in [3.05, 3.63) is 29.3 Å². The highest BCUT2D eigenvalue weighted by molar-refractivity contribution is 6.83. The number of aromatic hydroxyl groups is 1. The monoisotopic (exact) mass is 204 g/mol. The van der Waals surface area contributed by atoms with Gasteiger partial charge in [-0.15, -0.1) is 5.54 Å². The first-order valence-corrected chi connectivity index (χ1v) is 8.21. The van der Waals surface area contributed by atoms with Gasteiger partial charge in [0.1, 0.15) is 13.8 Å². The van der Waals surface area contributed by atoms with Crippen molar-refractivity contribution >= 4 is 8.07 Å². The fourth-order valence-electron chi connectivity index (χ4n) is 0.993. The molecule has 1 aromatic carbocycles. The van der Waals surface area contributed by atoms with Crippen LogP contribution in [0, 0.1) is 18.4 Å².